The maximum Gasteiger partial charge on any atom is 0.328 e. The second-order valence-corrected chi connectivity index (χ2v) is 4.55. The predicted molar refractivity (Wildman–Crippen MR) is 60.1 cm³/mol. The highest BCUT2D eigenvalue weighted by molar-refractivity contribution is 7.11. The molecule has 1 saturated heterocycles. The summed E-state index contributed by atoms with van der Waals surface area (Å²) in [6.07, 6.45) is 0. The van der Waals surface area contributed by atoms with Crippen molar-refractivity contribution >= 4 is 23.2 Å². The summed E-state index contributed by atoms with van der Waals surface area (Å²) in [5.41, 5.74) is 2.22. The lowest BCUT2D eigenvalue weighted by molar-refractivity contribution is -0.147. The number of carbonyl (C=O) groups is 2. The van der Waals surface area contributed by atoms with Gasteiger partial charge in [-0.1, -0.05) is 0 Å². The molecular weight excluding hydrogens is 244 g/mol. The molecule has 1 aliphatic rings. The monoisotopic (exact) mass is 256 g/mol. The molecule has 0 aliphatic carbocycles. The van der Waals surface area contributed by atoms with Crippen LogP contribution in [0.25, 0.3) is 0 Å². The summed E-state index contributed by atoms with van der Waals surface area (Å²) in [5.74, 6) is -1.32. The molecule has 0 unspecified atom stereocenters. The van der Waals surface area contributed by atoms with Crippen molar-refractivity contribution < 1.29 is 19.4 Å². The van der Waals surface area contributed by atoms with E-state index in [1.165, 1.54) is 16.2 Å². The molecular formula is C10H12N2O4S. The first-order valence-electron chi connectivity index (χ1n) is 5.13. The number of carboxylic acid groups (broad SMARTS) is 1. The molecule has 1 aromatic rings. The van der Waals surface area contributed by atoms with E-state index >= 15 is 0 Å². The summed E-state index contributed by atoms with van der Waals surface area (Å²) < 4.78 is 5.08. The van der Waals surface area contributed by atoms with Gasteiger partial charge in [-0.3, -0.25) is 4.79 Å². The van der Waals surface area contributed by atoms with E-state index in [4.69, 9.17) is 9.84 Å². The largest absolute Gasteiger partial charge is 0.480 e. The average molecular weight is 256 g/mol. The highest BCUT2D eigenvalue weighted by atomic mass is 32.1. The molecule has 2 heterocycles. The Kier molecular flexibility index (Phi) is 3.39. The van der Waals surface area contributed by atoms with Gasteiger partial charge < -0.3 is 14.7 Å². The first-order valence-corrected chi connectivity index (χ1v) is 6.01. The predicted octanol–water partition coefficient (Wildman–Crippen LogP) is 0.377. The van der Waals surface area contributed by atoms with Crippen LogP contribution < -0.4 is 0 Å². The third-order valence-electron chi connectivity index (χ3n) is 2.61. The number of carboxylic acids is 1. The number of nitrogens with zero attached hydrogens (tertiary/aromatic N) is 2. The number of thiazole rings is 1. The number of aromatic nitrogens is 1. The number of morpholine rings is 1. The van der Waals surface area contributed by atoms with Crippen LogP contribution in [0.1, 0.15) is 15.4 Å². The smallest absolute Gasteiger partial charge is 0.328 e. The maximum absolute atomic E-state index is 12.2. The Hall–Kier alpha value is -1.47. The van der Waals surface area contributed by atoms with Crippen molar-refractivity contribution in [3.63, 3.8) is 0 Å². The molecule has 0 spiro atoms. The number of hydrogen-bond acceptors (Lipinski definition) is 5. The molecule has 1 atom stereocenters. The van der Waals surface area contributed by atoms with Gasteiger partial charge in [-0.2, -0.15) is 0 Å². The topological polar surface area (TPSA) is 79.7 Å². The number of aliphatic carboxylic acids is 1. The fourth-order valence-corrected chi connectivity index (χ4v) is 2.45. The lowest BCUT2D eigenvalue weighted by Crippen LogP contribution is -2.52. The zero-order valence-corrected chi connectivity index (χ0v) is 10.1. The van der Waals surface area contributed by atoms with Crippen molar-refractivity contribution in [2.45, 2.75) is 13.0 Å². The average Bonchev–Trinajstić information content (AvgIpc) is 2.74. The second-order valence-electron chi connectivity index (χ2n) is 3.69. The van der Waals surface area contributed by atoms with Gasteiger partial charge >= 0.3 is 5.97 Å². The van der Waals surface area contributed by atoms with Crippen LogP contribution in [0.3, 0.4) is 0 Å². The van der Waals surface area contributed by atoms with Crippen LogP contribution in [0.15, 0.2) is 5.51 Å². The Morgan fingerprint density at radius 3 is 3.00 bits per heavy atom. The van der Waals surface area contributed by atoms with E-state index in [0.29, 0.717) is 23.7 Å². The molecule has 17 heavy (non-hydrogen) atoms. The van der Waals surface area contributed by atoms with Gasteiger partial charge in [-0.15, -0.1) is 11.3 Å². The van der Waals surface area contributed by atoms with Gasteiger partial charge in [-0.05, 0) is 6.92 Å². The van der Waals surface area contributed by atoms with Gasteiger partial charge in [0.05, 0.1) is 24.4 Å². The van der Waals surface area contributed by atoms with E-state index in [1.54, 1.807) is 12.4 Å². The standard InChI is InChI=1S/C10H12N2O4S/c1-6-8(17-5-11-6)9(13)12-2-3-16-4-7(12)10(14)15/h5,7H,2-4H2,1H3,(H,14,15)/t7-/m1/s1. The number of carbonyl (C=O) groups excluding carboxylic acids is 1. The van der Waals surface area contributed by atoms with Crippen LogP contribution in [-0.2, 0) is 9.53 Å². The van der Waals surface area contributed by atoms with Crippen molar-refractivity contribution in [3.05, 3.63) is 16.1 Å². The van der Waals surface area contributed by atoms with Crippen molar-refractivity contribution in [1.82, 2.24) is 9.88 Å². The van der Waals surface area contributed by atoms with Crippen molar-refractivity contribution in [2.24, 2.45) is 0 Å². The Labute approximate surface area is 102 Å². The second kappa shape index (κ2) is 4.80. The number of hydrogen-bond donors (Lipinski definition) is 1. The van der Waals surface area contributed by atoms with Crippen LogP contribution in [0.2, 0.25) is 0 Å². The van der Waals surface area contributed by atoms with E-state index in [1.807, 2.05) is 0 Å². The van der Waals surface area contributed by atoms with Crippen LogP contribution in [0.4, 0.5) is 0 Å². The van der Waals surface area contributed by atoms with Gasteiger partial charge in [0.2, 0.25) is 0 Å². The molecule has 6 nitrogen and oxygen atoms in total. The zero-order chi connectivity index (χ0) is 12.4. The highest BCUT2D eigenvalue weighted by Gasteiger charge is 2.34. The van der Waals surface area contributed by atoms with E-state index < -0.39 is 12.0 Å². The molecule has 1 amide bonds. The lowest BCUT2D eigenvalue weighted by Gasteiger charge is -2.32. The van der Waals surface area contributed by atoms with Crippen LogP contribution in [0, 0.1) is 6.92 Å². The van der Waals surface area contributed by atoms with Crippen molar-refractivity contribution in [3.8, 4) is 0 Å². The number of ether oxygens (including phenoxy) is 1. The number of rotatable bonds is 2. The molecule has 0 radical (unpaired) electrons. The zero-order valence-electron chi connectivity index (χ0n) is 9.25. The Balaban J connectivity index is 2.23. The SMILES string of the molecule is Cc1ncsc1C(=O)N1CCOC[C@@H]1C(=O)O. The highest BCUT2D eigenvalue weighted by Crippen LogP contribution is 2.18. The molecule has 0 saturated carbocycles. The van der Waals surface area contributed by atoms with Gasteiger partial charge in [0.1, 0.15) is 4.88 Å². The molecule has 0 bridgehead atoms. The van der Waals surface area contributed by atoms with Crippen molar-refractivity contribution in [1.29, 1.82) is 0 Å². The van der Waals surface area contributed by atoms with Gasteiger partial charge in [0.15, 0.2) is 6.04 Å². The maximum atomic E-state index is 12.2. The van der Waals surface area contributed by atoms with Crippen LogP contribution in [-0.4, -0.2) is 52.7 Å². The summed E-state index contributed by atoms with van der Waals surface area (Å²) in [7, 11) is 0. The molecule has 0 aromatic carbocycles. The number of aryl methyl sites for hydroxylation is 1. The summed E-state index contributed by atoms with van der Waals surface area (Å²) in [6.45, 7) is 2.44. The van der Waals surface area contributed by atoms with Crippen molar-refractivity contribution in [2.75, 3.05) is 19.8 Å². The third kappa shape index (κ3) is 2.29. The first kappa shape index (κ1) is 12.0. The van der Waals surface area contributed by atoms with Crippen LogP contribution in [0.5, 0.6) is 0 Å². The van der Waals surface area contributed by atoms with E-state index in [-0.39, 0.29) is 12.5 Å². The fourth-order valence-electron chi connectivity index (χ4n) is 1.69. The summed E-state index contributed by atoms with van der Waals surface area (Å²) >= 11 is 1.23. The minimum atomic E-state index is -1.04. The first-order chi connectivity index (χ1) is 8.11. The number of amides is 1. The Bertz CT molecular complexity index is 445. The normalized spacial score (nSPS) is 20.3. The quantitative estimate of drug-likeness (QED) is 0.827. The molecule has 1 aliphatic heterocycles. The van der Waals surface area contributed by atoms with E-state index in [2.05, 4.69) is 4.98 Å². The molecule has 1 aromatic heterocycles. The molecule has 2 rings (SSSR count). The van der Waals surface area contributed by atoms with Crippen LogP contribution >= 0.6 is 11.3 Å². The molecule has 7 heteroatoms. The van der Waals surface area contributed by atoms with Gasteiger partial charge in [0, 0.05) is 6.54 Å². The van der Waals surface area contributed by atoms with Gasteiger partial charge in [-0.25, -0.2) is 9.78 Å². The lowest BCUT2D eigenvalue weighted by atomic mass is 10.2. The summed E-state index contributed by atoms with van der Waals surface area (Å²) in [4.78, 5) is 29.0. The molecule has 92 valence electrons. The van der Waals surface area contributed by atoms with E-state index in [0.717, 1.165) is 0 Å². The van der Waals surface area contributed by atoms with Gasteiger partial charge in [0.25, 0.3) is 5.91 Å². The Morgan fingerprint density at radius 1 is 1.65 bits per heavy atom. The minimum absolute atomic E-state index is 0.0406. The fraction of sp³-hybridized carbons (Fsp3) is 0.500. The minimum Gasteiger partial charge on any atom is -0.480 e. The Morgan fingerprint density at radius 2 is 2.41 bits per heavy atom. The molecule has 1 N–H and O–H groups in total. The third-order valence-corrected chi connectivity index (χ3v) is 3.53. The summed E-state index contributed by atoms with van der Waals surface area (Å²) in [6, 6.07) is -0.905. The summed E-state index contributed by atoms with van der Waals surface area (Å²) in [5, 5.41) is 9.04. The molecule has 1 fully saturated rings. The van der Waals surface area contributed by atoms with E-state index in [9.17, 15) is 9.59 Å².